The summed E-state index contributed by atoms with van der Waals surface area (Å²) in [5.41, 5.74) is 3.76. The predicted octanol–water partition coefficient (Wildman–Crippen LogP) is 5.67. The molecule has 0 aromatic heterocycles. The molecule has 0 spiro atoms. The summed E-state index contributed by atoms with van der Waals surface area (Å²) >= 11 is 0. The molecule has 10 heteroatoms. The molecule has 10 nitrogen and oxygen atoms in total. The van der Waals surface area contributed by atoms with Gasteiger partial charge in [0.25, 0.3) is 0 Å². The van der Waals surface area contributed by atoms with Crippen molar-refractivity contribution in [3.63, 3.8) is 0 Å². The Morgan fingerprint density at radius 3 is 2.26 bits per heavy atom. The summed E-state index contributed by atoms with van der Waals surface area (Å²) in [4.78, 5) is 38.1. The normalized spacial score (nSPS) is 13.3. The fourth-order valence-corrected chi connectivity index (χ4v) is 4.47. The number of benzene rings is 3. The minimum Gasteiger partial charge on any atom is -0.481 e. The van der Waals surface area contributed by atoms with Gasteiger partial charge >= 0.3 is 12.0 Å². The van der Waals surface area contributed by atoms with Crippen molar-refractivity contribution in [1.82, 2.24) is 4.90 Å². The number of carbonyl (C=O) groups is 3. The van der Waals surface area contributed by atoms with Gasteiger partial charge in [-0.3, -0.25) is 14.5 Å². The third-order valence-corrected chi connectivity index (χ3v) is 6.79. The van der Waals surface area contributed by atoms with Crippen molar-refractivity contribution in [3.05, 3.63) is 96.1 Å². The van der Waals surface area contributed by atoms with Gasteiger partial charge in [-0.25, -0.2) is 4.79 Å². The highest BCUT2D eigenvalue weighted by Crippen LogP contribution is 2.20. The molecule has 0 radical (unpaired) electrons. The van der Waals surface area contributed by atoms with Crippen LogP contribution in [0.3, 0.4) is 0 Å². The van der Waals surface area contributed by atoms with Crippen LogP contribution in [0.2, 0.25) is 0 Å². The summed E-state index contributed by atoms with van der Waals surface area (Å²) < 4.78 is 11.9. The van der Waals surface area contributed by atoms with Crippen LogP contribution in [0.5, 0.6) is 5.75 Å². The fraction of sp³-hybridized carbons (Fsp3) is 0.303. The lowest BCUT2D eigenvalue weighted by molar-refractivity contribution is -0.138. The Labute approximate surface area is 251 Å². The molecule has 0 aliphatic carbocycles. The number of carboxylic acids is 1. The highest BCUT2D eigenvalue weighted by atomic mass is 16.7. The third-order valence-electron chi connectivity index (χ3n) is 6.79. The molecular formula is C33H38N4O6. The number of nitrogens with zero attached hydrogens (tertiary/aromatic N) is 1. The Morgan fingerprint density at radius 2 is 1.56 bits per heavy atom. The van der Waals surface area contributed by atoms with Crippen LogP contribution in [0.25, 0.3) is 0 Å². The first-order chi connectivity index (χ1) is 20.8. The summed E-state index contributed by atoms with van der Waals surface area (Å²) in [6, 6.07) is 21.4. The number of amides is 3. The van der Waals surface area contributed by atoms with Crippen molar-refractivity contribution < 1.29 is 29.0 Å². The van der Waals surface area contributed by atoms with Crippen LogP contribution < -0.4 is 20.7 Å². The van der Waals surface area contributed by atoms with Gasteiger partial charge in [-0.15, -0.1) is 0 Å². The van der Waals surface area contributed by atoms with Gasteiger partial charge in [-0.1, -0.05) is 42.5 Å². The Kier molecular flexibility index (Phi) is 11.7. The molecular weight excluding hydrogens is 548 g/mol. The summed E-state index contributed by atoms with van der Waals surface area (Å²) in [5.74, 6) is -0.435. The number of aliphatic carboxylic acids is 1. The van der Waals surface area contributed by atoms with E-state index in [2.05, 4.69) is 33.0 Å². The highest BCUT2D eigenvalue weighted by Gasteiger charge is 2.15. The number of carbonyl (C=O) groups excluding carboxylic acids is 2. The highest BCUT2D eigenvalue weighted by molar-refractivity contribution is 6.00. The lowest BCUT2D eigenvalue weighted by atomic mass is 10.1. The number of rotatable bonds is 15. The van der Waals surface area contributed by atoms with Gasteiger partial charge in [-0.2, -0.15) is 0 Å². The first-order valence-corrected chi connectivity index (χ1v) is 14.3. The van der Waals surface area contributed by atoms with E-state index in [1.807, 2.05) is 31.2 Å². The molecule has 3 amide bonds. The number of ether oxygens (including phenoxy) is 2. The van der Waals surface area contributed by atoms with Gasteiger partial charge in [0.2, 0.25) is 12.2 Å². The molecule has 3 aromatic rings. The van der Waals surface area contributed by atoms with Crippen LogP contribution in [-0.4, -0.2) is 60.4 Å². The number of hydrogen-bond donors (Lipinski definition) is 4. The van der Waals surface area contributed by atoms with Crippen molar-refractivity contribution in [2.24, 2.45) is 0 Å². The number of hydrogen-bond acceptors (Lipinski definition) is 6. The first-order valence-electron chi connectivity index (χ1n) is 14.3. The largest absolute Gasteiger partial charge is 0.481 e. The number of carboxylic acid groups (broad SMARTS) is 1. The van der Waals surface area contributed by atoms with Crippen LogP contribution >= 0.6 is 0 Å². The van der Waals surface area contributed by atoms with E-state index in [1.165, 1.54) is 0 Å². The maximum absolute atomic E-state index is 12.7. The average molecular weight is 587 g/mol. The molecule has 1 aliphatic rings. The lowest BCUT2D eigenvalue weighted by Gasteiger charge is -2.22. The second-order valence-electron chi connectivity index (χ2n) is 10.3. The van der Waals surface area contributed by atoms with E-state index in [9.17, 15) is 14.4 Å². The van der Waals surface area contributed by atoms with Crippen LogP contribution in [0.4, 0.5) is 21.9 Å². The molecule has 3 aromatic carbocycles. The van der Waals surface area contributed by atoms with Gasteiger partial charge in [0.1, 0.15) is 5.75 Å². The van der Waals surface area contributed by atoms with E-state index in [0.29, 0.717) is 36.6 Å². The molecule has 0 fully saturated rings. The van der Waals surface area contributed by atoms with Crippen molar-refractivity contribution in [2.45, 2.75) is 38.9 Å². The number of urea groups is 1. The molecule has 0 saturated carbocycles. The van der Waals surface area contributed by atoms with Crippen LogP contribution in [0.1, 0.15) is 30.4 Å². The zero-order chi connectivity index (χ0) is 30.4. The summed E-state index contributed by atoms with van der Waals surface area (Å²) in [5, 5.41) is 17.4. The standard InChI is InChI=1S/C33H38N4O6/c1-24-7-2-3-8-29(24)36-33(41)35-27-12-10-25(11-13-27)23-30(38)34-26-14-16-28(17-15-26)43-32(42-22-6-9-31(39)40)18-21-37-19-4-5-20-37/h2-5,7-8,10-17,32H,6,9,18-23H2,1H3,(H,34,38)(H,39,40)(H2,35,36,41). The Morgan fingerprint density at radius 1 is 0.884 bits per heavy atom. The summed E-state index contributed by atoms with van der Waals surface area (Å²) in [6.07, 6.45) is 5.00. The molecule has 1 atom stereocenters. The Hall–Kier alpha value is -4.67. The SMILES string of the molecule is Cc1ccccc1NC(=O)Nc1ccc(CC(=O)Nc2ccc(OC(CCN3CC=CC3)OCCCC(=O)O)cc2)cc1. The van der Waals surface area contributed by atoms with Gasteiger partial charge < -0.3 is 30.5 Å². The zero-order valence-corrected chi connectivity index (χ0v) is 24.3. The van der Waals surface area contributed by atoms with E-state index >= 15 is 0 Å². The maximum atomic E-state index is 12.7. The van der Waals surface area contributed by atoms with Crippen LogP contribution in [0, 0.1) is 6.92 Å². The van der Waals surface area contributed by atoms with Crippen molar-refractivity contribution in [2.75, 3.05) is 42.2 Å². The first kappa shape index (κ1) is 31.3. The van der Waals surface area contributed by atoms with Crippen molar-refractivity contribution >= 4 is 35.0 Å². The molecule has 226 valence electrons. The van der Waals surface area contributed by atoms with E-state index in [1.54, 1.807) is 48.5 Å². The van der Waals surface area contributed by atoms with E-state index in [4.69, 9.17) is 14.6 Å². The third kappa shape index (κ3) is 10.9. The second-order valence-corrected chi connectivity index (χ2v) is 10.3. The summed E-state index contributed by atoms with van der Waals surface area (Å²) in [6.45, 7) is 4.80. The monoisotopic (exact) mass is 586 g/mol. The Bertz CT molecular complexity index is 1380. The minimum absolute atomic E-state index is 0.0455. The number of para-hydroxylation sites is 1. The molecule has 1 aliphatic heterocycles. The molecule has 0 bridgehead atoms. The van der Waals surface area contributed by atoms with Crippen LogP contribution in [-0.2, 0) is 20.7 Å². The van der Waals surface area contributed by atoms with Gasteiger partial charge in [0.05, 0.1) is 13.0 Å². The fourth-order valence-electron chi connectivity index (χ4n) is 4.47. The van der Waals surface area contributed by atoms with Gasteiger partial charge in [0.15, 0.2) is 0 Å². The average Bonchev–Trinajstić information content (AvgIpc) is 3.51. The molecule has 4 N–H and O–H groups in total. The topological polar surface area (TPSA) is 129 Å². The van der Waals surface area contributed by atoms with Gasteiger partial charge in [-0.05, 0) is 66.9 Å². The molecule has 0 saturated heterocycles. The molecule has 43 heavy (non-hydrogen) atoms. The maximum Gasteiger partial charge on any atom is 0.323 e. The van der Waals surface area contributed by atoms with Crippen LogP contribution in [0.15, 0.2) is 84.9 Å². The smallest absolute Gasteiger partial charge is 0.323 e. The second kappa shape index (κ2) is 16.1. The Balaban J connectivity index is 1.23. The number of anilines is 3. The van der Waals surface area contributed by atoms with Gasteiger partial charge in [0, 0.05) is 49.5 Å². The molecule has 4 rings (SSSR count). The number of aryl methyl sites for hydroxylation is 1. The molecule has 1 unspecified atom stereocenters. The van der Waals surface area contributed by atoms with Crippen molar-refractivity contribution in [1.29, 1.82) is 0 Å². The van der Waals surface area contributed by atoms with Crippen molar-refractivity contribution in [3.8, 4) is 5.75 Å². The summed E-state index contributed by atoms with van der Waals surface area (Å²) in [7, 11) is 0. The van der Waals surface area contributed by atoms with E-state index in [-0.39, 0.29) is 24.8 Å². The molecule has 1 heterocycles. The number of nitrogens with one attached hydrogen (secondary N) is 3. The predicted molar refractivity (Wildman–Crippen MR) is 166 cm³/mol. The lowest BCUT2D eigenvalue weighted by Crippen LogP contribution is -2.29. The van der Waals surface area contributed by atoms with E-state index in [0.717, 1.165) is 36.4 Å². The quantitative estimate of drug-likeness (QED) is 0.103. The van der Waals surface area contributed by atoms with E-state index < -0.39 is 12.3 Å². The minimum atomic E-state index is -0.852. The zero-order valence-electron chi connectivity index (χ0n) is 24.3.